The number of benzene rings is 2. The number of nitrogens with zero attached hydrogens (tertiary/aromatic N) is 3. The van der Waals surface area contributed by atoms with E-state index >= 15 is 0 Å². The summed E-state index contributed by atoms with van der Waals surface area (Å²) in [6.07, 6.45) is 0. The summed E-state index contributed by atoms with van der Waals surface area (Å²) in [5.41, 5.74) is 6.82. The van der Waals surface area contributed by atoms with Crippen molar-refractivity contribution in [2.75, 3.05) is 0 Å². The summed E-state index contributed by atoms with van der Waals surface area (Å²) in [6, 6.07) is 12.2. The van der Waals surface area contributed by atoms with Crippen LogP contribution in [0.25, 0.3) is 10.9 Å². The van der Waals surface area contributed by atoms with Gasteiger partial charge in [0.1, 0.15) is 11.9 Å². The number of hydrogen-bond donors (Lipinski definition) is 2. The number of nitrogens with two attached hydrogens (primary N) is 1. The van der Waals surface area contributed by atoms with Crippen molar-refractivity contribution in [2.24, 2.45) is 11.1 Å². The average Bonchev–Trinajstić information content (AvgIpc) is 3.03. The molecule has 0 aliphatic heterocycles. The number of halogens is 1. The van der Waals surface area contributed by atoms with Crippen LogP contribution in [0.2, 0.25) is 0 Å². The molecule has 0 aliphatic rings. The Morgan fingerprint density at radius 3 is 2.47 bits per heavy atom. The smallest absolute Gasteiger partial charge is 0.273 e. The number of carbonyl (C=O) groups is 2. The number of amides is 2. The molecule has 1 heterocycles. The van der Waals surface area contributed by atoms with Gasteiger partial charge >= 0.3 is 0 Å². The van der Waals surface area contributed by atoms with Gasteiger partial charge < -0.3 is 11.1 Å². The van der Waals surface area contributed by atoms with Crippen LogP contribution in [0.4, 0.5) is 4.39 Å². The van der Waals surface area contributed by atoms with Gasteiger partial charge in [-0.3, -0.25) is 14.3 Å². The fourth-order valence-corrected chi connectivity index (χ4v) is 3.21. The maximum Gasteiger partial charge on any atom is 0.273 e. The molecule has 154 valence electrons. The van der Waals surface area contributed by atoms with E-state index in [0.717, 1.165) is 5.56 Å². The van der Waals surface area contributed by atoms with Gasteiger partial charge in [0, 0.05) is 5.39 Å². The van der Waals surface area contributed by atoms with Crippen LogP contribution in [0.15, 0.2) is 42.5 Å². The molecule has 2 amide bonds. The van der Waals surface area contributed by atoms with Crippen LogP contribution >= 0.6 is 0 Å². The van der Waals surface area contributed by atoms with Gasteiger partial charge in [0.15, 0.2) is 5.69 Å². The summed E-state index contributed by atoms with van der Waals surface area (Å²) >= 11 is 0. The molecule has 2 aromatic carbocycles. The molecule has 3 N–H and O–H groups in total. The van der Waals surface area contributed by atoms with Gasteiger partial charge in [-0.05, 0) is 41.3 Å². The Morgan fingerprint density at radius 2 is 1.90 bits per heavy atom. The highest BCUT2D eigenvalue weighted by Gasteiger charge is 2.32. The largest absolute Gasteiger partial charge is 0.368 e. The van der Waals surface area contributed by atoms with Crippen LogP contribution in [0.1, 0.15) is 42.4 Å². The first-order valence-electron chi connectivity index (χ1n) is 9.35. The second-order valence-electron chi connectivity index (χ2n) is 8.15. The predicted molar refractivity (Wildman–Crippen MR) is 110 cm³/mol. The molecule has 0 aliphatic carbocycles. The molecular formula is C22H22FN5O2. The van der Waals surface area contributed by atoms with E-state index in [1.165, 1.54) is 12.1 Å². The Labute approximate surface area is 173 Å². The van der Waals surface area contributed by atoms with Crippen molar-refractivity contribution in [1.82, 2.24) is 15.1 Å². The summed E-state index contributed by atoms with van der Waals surface area (Å²) in [7, 11) is 0. The molecule has 30 heavy (non-hydrogen) atoms. The average molecular weight is 407 g/mol. The third kappa shape index (κ3) is 4.30. The molecule has 1 atom stereocenters. The van der Waals surface area contributed by atoms with Crippen LogP contribution in [0.3, 0.4) is 0 Å². The maximum atomic E-state index is 13.9. The third-order valence-electron chi connectivity index (χ3n) is 4.77. The zero-order valence-corrected chi connectivity index (χ0v) is 16.9. The van der Waals surface area contributed by atoms with Crippen molar-refractivity contribution in [1.29, 1.82) is 5.26 Å². The zero-order chi connectivity index (χ0) is 22.1. The van der Waals surface area contributed by atoms with Crippen molar-refractivity contribution in [3.05, 3.63) is 65.1 Å². The van der Waals surface area contributed by atoms with Gasteiger partial charge in [-0.25, -0.2) is 4.39 Å². The summed E-state index contributed by atoms with van der Waals surface area (Å²) in [6.45, 7) is 5.66. The normalized spacial score (nSPS) is 12.4. The summed E-state index contributed by atoms with van der Waals surface area (Å²) in [4.78, 5) is 24.8. The lowest BCUT2D eigenvalue weighted by Gasteiger charge is -2.28. The van der Waals surface area contributed by atoms with Gasteiger partial charge in [0.2, 0.25) is 5.91 Å². The molecule has 8 heteroatoms. The van der Waals surface area contributed by atoms with Crippen molar-refractivity contribution in [2.45, 2.75) is 33.4 Å². The molecule has 3 rings (SSSR count). The highest BCUT2D eigenvalue weighted by atomic mass is 19.1. The molecule has 1 unspecified atom stereocenters. The minimum atomic E-state index is -0.919. The molecule has 1 aromatic heterocycles. The minimum Gasteiger partial charge on any atom is -0.368 e. The first-order valence-corrected chi connectivity index (χ1v) is 9.35. The Kier molecular flexibility index (Phi) is 5.56. The Morgan fingerprint density at radius 1 is 1.23 bits per heavy atom. The molecule has 3 aromatic rings. The molecule has 0 spiro atoms. The highest BCUT2D eigenvalue weighted by Crippen LogP contribution is 2.23. The fourth-order valence-electron chi connectivity index (χ4n) is 3.21. The van der Waals surface area contributed by atoms with Crippen LogP contribution in [-0.2, 0) is 11.3 Å². The number of fused-ring (bicyclic) bond motifs is 1. The van der Waals surface area contributed by atoms with E-state index in [1.807, 2.05) is 0 Å². The topological polar surface area (TPSA) is 114 Å². The summed E-state index contributed by atoms with van der Waals surface area (Å²) in [5, 5.41) is 16.3. The summed E-state index contributed by atoms with van der Waals surface area (Å²) in [5.74, 6) is -1.77. The third-order valence-corrected chi connectivity index (χ3v) is 4.77. The van der Waals surface area contributed by atoms with E-state index in [0.29, 0.717) is 23.0 Å². The second-order valence-corrected chi connectivity index (χ2v) is 8.15. The number of nitriles is 1. The molecular weight excluding hydrogens is 385 g/mol. The van der Waals surface area contributed by atoms with E-state index in [1.54, 1.807) is 55.8 Å². The van der Waals surface area contributed by atoms with Crippen LogP contribution < -0.4 is 11.1 Å². The zero-order valence-electron chi connectivity index (χ0n) is 16.9. The summed E-state index contributed by atoms with van der Waals surface area (Å²) < 4.78 is 15.5. The van der Waals surface area contributed by atoms with Crippen LogP contribution in [-0.4, -0.2) is 27.6 Å². The number of hydrogen-bond acceptors (Lipinski definition) is 4. The van der Waals surface area contributed by atoms with Gasteiger partial charge in [-0.15, -0.1) is 0 Å². The van der Waals surface area contributed by atoms with Crippen molar-refractivity contribution >= 4 is 22.7 Å². The van der Waals surface area contributed by atoms with Crippen LogP contribution in [0, 0.1) is 22.6 Å². The fraction of sp³-hybridized carbons (Fsp3) is 0.273. The van der Waals surface area contributed by atoms with E-state index in [2.05, 4.69) is 16.5 Å². The van der Waals surface area contributed by atoms with E-state index in [4.69, 9.17) is 11.0 Å². The molecule has 0 saturated heterocycles. The second kappa shape index (κ2) is 7.95. The number of rotatable bonds is 5. The maximum absolute atomic E-state index is 13.9. The molecule has 0 radical (unpaired) electrons. The van der Waals surface area contributed by atoms with Crippen molar-refractivity contribution in [3.8, 4) is 6.07 Å². The van der Waals surface area contributed by atoms with Gasteiger partial charge in [0.25, 0.3) is 5.91 Å². The lowest BCUT2D eigenvalue weighted by Crippen LogP contribution is -2.52. The monoisotopic (exact) mass is 407 g/mol. The van der Waals surface area contributed by atoms with Gasteiger partial charge in [-0.1, -0.05) is 32.9 Å². The highest BCUT2D eigenvalue weighted by molar-refractivity contribution is 6.06. The number of carbonyl (C=O) groups excluding carboxylic acids is 2. The van der Waals surface area contributed by atoms with Crippen LogP contribution in [0.5, 0.6) is 0 Å². The van der Waals surface area contributed by atoms with E-state index in [-0.39, 0.29) is 5.69 Å². The Bertz CT molecular complexity index is 1150. The Balaban J connectivity index is 2.00. The standard InChI is InChI=1S/C22H22FN5O2/c1-22(2,3)19(20(25)29)26-21(30)18-16-10-15(23)8-9-17(16)28(27-18)12-14-6-4-13(11-24)5-7-14/h4-10,19H,12H2,1-3H3,(H2,25,29)(H,26,30). The number of primary amides is 1. The van der Waals surface area contributed by atoms with Gasteiger partial charge in [-0.2, -0.15) is 10.4 Å². The number of nitrogens with one attached hydrogen (secondary N) is 1. The Hall–Kier alpha value is -3.73. The lowest BCUT2D eigenvalue weighted by molar-refractivity contribution is -0.122. The predicted octanol–water partition coefficient (Wildman–Crippen LogP) is 2.73. The van der Waals surface area contributed by atoms with Crippen molar-refractivity contribution in [3.63, 3.8) is 0 Å². The molecule has 0 bridgehead atoms. The molecule has 7 nitrogen and oxygen atoms in total. The van der Waals surface area contributed by atoms with Gasteiger partial charge in [0.05, 0.1) is 23.7 Å². The van der Waals surface area contributed by atoms with Crippen molar-refractivity contribution < 1.29 is 14.0 Å². The van der Waals surface area contributed by atoms with E-state index in [9.17, 15) is 14.0 Å². The lowest BCUT2D eigenvalue weighted by atomic mass is 9.86. The molecule has 0 fully saturated rings. The first-order chi connectivity index (χ1) is 14.1. The number of aromatic nitrogens is 2. The quantitative estimate of drug-likeness (QED) is 0.677. The van der Waals surface area contributed by atoms with E-state index < -0.39 is 29.1 Å². The molecule has 0 saturated carbocycles. The SMILES string of the molecule is CC(C)(C)C(NC(=O)c1nn(Cc2ccc(C#N)cc2)c2ccc(F)cc12)C(N)=O. The minimum absolute atomic E-state index is 0.00800. The first kappa shape index (κ1) is 21.0.